The molecule has 0 saturated heterocycles. The van der Waals surface area contributed by atoms with E-state index in [0.29, 0.717) is 10.2 Å². The van der Waals surface area contributed by atoms with Crippen molar-refractivity contribution in [3.05, 3.63) is 40.4 Å². The first-order valence-corrected chi connectivity index (χ1v) is 7.92. The Bertz CT molecular complexity index is 571. The first kappa shape index (κ1) is 14.1. The van der Waals surface area contributed by atoms with E-state index in [-0.39, 0.29) is 5.91 Å². The molecule has 0 spiro atoms. The Hall–Kier alpha value is -1.27. The van der Waals surface area contributed by atoms with E-state index >= 15 is 0 Å². The summed E-state index contributed by atoms with van der Waals surface area (Å²) in [7, 11) is 0. The van der Waals surface area contributed by atoms with Gasteiger partial charge in [-0.25, -0.2) is 0 Å². The fraction of sp³-hybridized carbons (Fsp3) is 0.308. The number of benzene rings is 1. The van der Waals surface area contributed by atoms with Crippen LogP contribution in [0.2, 0.25) is 0 Å². The number of anilines is 1. The maximum atomic E-state index is 12.2. The third-order valence-corrected chi connectivity index (χ3v) is 4.03. The molecule has 0 unspecified atom stereocenters. The predicted octanol–water partition coefficient (Wildman–Crippen LogP) is 3.64. The molecule has 1 aromatic carbocycles. The number of nitrogens with one attached hydrogen (secondary N) is 1. The van der Waals surface area contributed by atoms with Crippen molar-refractivity contribution in [2.45, 2.75) is 25.1 Å². The molecular weight excluding hydrogens is 326 g/mol. The van der Waals surface area contributed by atoms with Crippen molar-refractivity contribution in [2.24, 2.45) is 0 Å². The fourth-order valence-corrected chi connectivity index (χ4v) is 2.81. The van der Waals surface area contributed by atoms with Crippen LogP contribution in [0, 0.1) is 0 Å². The van der Waals surface area contributed by atoms with E-state index in [2.05, 4.69) is 37.8 Å². The number of carbonyl (C=O) groups is 1. The van der Waals surface area contributed by atoms with Gasteiger partial charge in [0.05, 0.1) is 5.69 Å². The number of para-hydroxylation sites is 1. The average molecular weight is 340 g/mol. The predicted molar refractivity (Wildman–Crippen MR) is 80.9 cm³/mol. The van der Waals surface area contributed by atoms with E-state index in [1.54, 1.807) is 0 Å². The normalized spacial score (nSPS) is 10.4. The molecule has 2 rings (SSSR count). The molecular formula is C13H14BrN3OS. The van der Waals surface area contributed by atoms with Crippen LogP contribution in [0.5, 0.6) is 0 Å². The Balaban J connectivity index is 2.18. The van der Waals surface area contributed by atoms with Gasteiger partial charge in [0.15, 0.2) is 0 Å². The molecule has 100 valence electrons. The van der Waals surface area contributed by atoms with Crippen LogP contribution < -0.4 is 5.32 Å². The van der Waals surface area contributed by atoms with Crippen molar-refractivity contribution in [1.82, 2.24) is 9.59 Å². The van der Waals surface area contributed by atoms with Gasteiger partial charge in [0, 0.05) is 11.0 Å². The number of hydrogen-bond acceptors (Lipinski definition) is 4. The van der Waals surface area contributed by atoms with E-state index in [4.69, 9.17) is 0 Å². The smallest absolute Gasteiger partial charge is 0.269 e. The topological polar surface area (TPSA) is 54.9 Å². The lowest BCUT2D eigenvalue weighted by atomic mass is 10.2. The van der Waals surface area contributed by atoms with E-state index in [9.17, 15) is 4.79 Å². The van der Waals surface area contributed by atoms with Crippen LogP contribution in [0.25, 0.3) is 0 Å². The Labute approximate surface area is 124 Å². The zero-order valence-corrected chi connectivity index (χ0v) is 12.9. The molecule has 0 fully saturated rings. The molecule has 1 aromatic heterocycles. The Morgan fingerprint density at radius 2 is 2.21 bits per heavy atom. The van der Waals surface area contributed by atoms with Crippen LogP contribution in [-0.4, -0.2) is 15.5 Å². The zero-order valence-electron chi connectivity index (χ0n) is 10.5. The van der Waals surface area contributed by atoms with Gasteiger partial charge in [-0.15, -0.1) is 5.10 Å². The number of hydrogen-bond donors (Lipinski definition) is 1. The highest BCUT2D eigenvalue weighted by Gasteiger charge is 2.16. The van der Waals surface area contributed by atoms with Crippen LogP contribution in [0.15, 0.2) is 24.3 Å². The molecule has 19 heavy (non-hydrogen) atoms. The lowest BCUT2D eigenvalue weighted by molar-refractivity contribution is 0.102. The molecule has 0 radical (unpaired) electrons. The van der Waals surface area contributed by atoms with E-state index in [0.717, 1.165) is 41.3 Å². The number of halogens is 1. The zero-order chi connectivity index (χ0) is 13.7. The number of aryl methyl sites for hydroxylation is 1. The van der Waals surface area contributed by atoms with Gasteiger partial charge in [0.1, 0.15) is 4.88 Å². The minimum Gasteiger partial charge on any atom is -0.321 e. The molecule has 4 nitrogen and oxygen atoms in total. The Morgan fingerprint density at radius 1 is 1.42 bits per heavy atom. The van der Waals surface area contributed by atoms with Gasteiger partial charge in [0.2, 0.25) is 0 Å². The second-order valence-corrected chi connectivity index (χ2v) is 5.36. The standard InChI is InChI=1S/C13H14BrN3OS/c1-2-5-11-12(19-17-16-11)13(18)15-10-7-4-3-6-9(10)8-14/h3-4,6-7H,2,5,8H2,1H3,(H,15,18). The summed E-state index contributed by atoms with van der Waals surface area (Å²) in [6.07, 6.45) is 1.73. The van der Waals surface area contributed by atoms with Gasteiger partial charge in [-0.3, -0.25) is 4.79 Å². The maximum Gasteiger partial charge on any atom is 0.269 e. The minimum absolute atomic E-state index is 0.133. The van der Waals surface area contributed by atoms with Crippen molar-refractivity contribution < 1.29 is 4.79 Å². The van der Waals surface area contributed by atoms with Crippen molar-refractivity contribution in [3.8, 4) is 0 Å². The summed E-state index contributed by atoms with van der Waals surface area (Å²) < 4.78 is 3.87. The molecule has 1 heterocycles. The highest BCUT2D eigenvalue weighted by molar-refractivity contribution is 9.08. The van der Waals surface area contributed by atoms with Crippen LogP contribution in [0.1, 0.15) is 34.3 Å². The summed E-state index contributed by atoms with van der Waals surface area (Å²) in [5, 5.41) is 7.63. The molecule has 0 bridgehead atoms. The highest BCUT2D eigenvalue weighted by atomic mass is 79.9. The van der Waals surface area contributed by atoms with Gasteiger partial charge in [-0.1, -0.05) is 52.0 Å². The van der Waals surface area contributed by atoms with Crippen LogP contribution >= 0.6 is 27.5 Å². The van der Waals surface area contributed by atoms with Crippen molar-refractivity contribution >= 4 is 39.1 Å². The minimum atomic E-state index is -0.133. The summed E-state index contributed by atoms with van der Waals surface area (Å²) in [6.45, 7) is 2.06. The molecule has 0 aliphatic heterocycles. The largest absolute Gasteiger partial charge is 0.321 e. The molecule has 0 aliphatic carbocycles. The highest BCUT2D eigenvalue weighted by Crippen LogP contribution is 2.20. The number of amides is 1. The molecule has 0 aliphatic rings. The van der Waals surface area contributed by atoms with E-state index in [1.807, 2.05) is 24.3 Å². The molecule has 2 aromatic rings. The summed E-state index contributed by atoms with van der Waals surface area (Å²) >= 11 is 4.56. The number of aromatic nitrogens is 2. The lowest BCUT2D eigenvalue weighted by Gasteiger charge is -2.08. The summed E-state index contributed by atoms with van der Waals surface area (Å²) in [5.41, 5.74) is 2.65. The van der Waals surface area contributed by atoms with Gasteiger partial charge in [-0.2, -0.15) is 0 Å². The summed E-state index contributed by atoms with van der Waals surface area (Å²) in [6, 6.07) is 7.72. The number of nitrogens with zero attached hydrogens (tertiary/aromatic N) is 2. The quantitative estimate of drug-likeness (QED) is 0.846. The molecule has 1 N–H and O–H groups in total. The van der Waals surface area contributed by atoms with Crippen molar-refractivity contribution in [2.75, 3.05) is 5.32 Å². The SMILES string of the molecule is CCCc1nnsc1C(=O)Nc1ccccc1CBr. The number of carbonyl (C=O) groups excluding carboxylic acids is 1. The van der Waals surface area contributed by atoms with Crippen LogP contribution in [0.3, 0.4) is 0 Å². The van der Waals surface area contributed by atoms with Gasteiger partial charge >= 0.3 is 0 Å². The molecule has 0 atom stereocenters. The van der Waals surface area contributed by atoms with Crippen molar-refractivity contribution in [3.63, 3.8) is 0 Å². The number of rotatable bonds is 5. The Morgan fingerprint density at radius 3 is 2.95 bits per heavy atom. The average Bonchev–Trinajstić information content (AvgIpc) is 2.88. The second-order valence-electron chi connectivity index (χ2n) is 4.04. The maximum absolute atomic E-state index is 12.2. The summed E-state index contributed by atoms with van der Waals surface area (Å²) in [4.78, 5) is 12.8. The monoisotopic (exact) mass is 339 g/mol. The fourth-order valence-electron chi connectivity index (χ4n) is 1.72. The molecule has 1 amide bonds. The first-order valence-electron chi connectivity index (χ1n) is 6.02. The molecule has 6 heteroatoms. The molecule has 0 saturated carbocycles. The lowest BCUT2D eigenvalue weighted by Crippen LogP contribution is -2.13. The van der Waals surface area contributed by atoms with E-state index < -0.39 is 0 Å². The Kier molecular flexibility index (Phi) is 5.04. The van der Waals surface area contributed by atoms with Crippen LogP contribution in [-0.2, 0) is 11.8 Å². The number of alkyl halides is 1. The van der Waals surface area contributed by atoms with Crippen LogP contribution in [0.4, 0.5) is 5.69 Å². The van der Waals surface area contributed by atoms with Crippen molar-refractivity contribution in [1.29, 1.82) is 0 Å². The summed E-state index contributed by atoms with van der Waals surface area (Å²) in [5.74, 6) is -0.133. The van der Waals surface area contributed by atoms with Gasteiger partial charge in [-0.05, 0) is 29.6 Å². The third kappa shape index (κ3) is 3.39. The van der Waals surface area contributed by atoms with Gasteiger partial charge < -0.3 is 5.32 Å². The van der Waals surface area contributed by atoms with Gasteiger partial charge in [0.25, 0.3) is 5.91 Å². The third-order valence-electron chi connectivity index (χ3n) is 2.66. The second kappa shape index (κ2) is 6.77. The first-order chi connectivity index (χ1) is 9.26. The van der Waals surface area contributed by atoms with E-state index in [1.165, 1.54) is 0 Å².